The summed E-state index contributed by atoms with van der Waals surface area (Å²) in [6.45, 7) is 1.55. The number of hydrogen-bond acceptors (Lipinski definition) is 4. The third kappa shape index (κ3) is 3.14. The molecule has 0 saturated carbocycles. The molecule has 0 fully saturated rings. The van der Waals surface area contributed by atoms with Gasteiger partial charge in [0.2, 0.25) is 0 Å². The second kappa shape index (κ2) is 6.65. The van der Waals surface area contributed by atoms with Gasteiger partial charge in [-0.05, 0) is 13.0 Å². The molecule has 2 rings (SSSR count). The van der Waals surface area contributed by atoms with E-state index < -0.39 is 17.6 Å². The Morgan fingerprint density at radius 2 is 2.18 bits per heavy atom. The third-order valence-electron chi connectivity index (χ3n) is 2.85. The molecule has 0 aliphatic rings. The zero-order chi connectivity index (χ0) is 16.3. The second-order valence-electron chi connectivity index (χ2n) is 4.28. The minimum atomic E-state index is -0.801. The first-order chi connectivity index (χ1) is 10.5. The minimum absolute atomic E-state index is 0.105. The lowest BCUT2D eigenvalue weighted by atomic mass is 10.2. The zero-order valence-corrected chi connectivity index (χ0v) is 12.2. The van der Waals surface area contributed by atoms with Gasteiger partial charge in [-0.25, -0.2) is 18.3 Å². The molecule has 0 saturated heterocycles. The third-order valence-corrected chi connectivity index (χ3v) is 3.25. The van der Waals surface area contributed by atoms with E-state index in [2.05, 4.69) is 5.10 Å². The summed E-state index contributed by atoms with van der Waals surface area (Å²) in [5, 5.41) is 3.75. The van der Waals surface area contributed by atoms with E-state index in [0.29, 0.717) is 6.29 Å². The van der Waals surface area contributed by atoms with E-state index >= 15 is 0 Å². The van der Waals surface area contributed by atoms with E-state index in [4.69, 9.17) is 16.3 Å². The number of hydrogen-bond donors (Lipinski definition) is 0. The summed E-state index contributed by atoms with van der Waals surface area (Å²) in [5.74, 6) is -2.30. The summed E-state index contributed by atoms with van der Waals surface area (Å²) in [5.41, 5.74) is -0.273. The molecule has 2 aromatic rings. The fourth-order valence-corrected chi connectivity index (χ4v) is 2.06. The second-order valence-corrected chi connectivity index (χ2v) is 4.64. The van der Waals surface area contributed by atoms with Crippen LogP contribution in [0.2, 0.25) is 5.15 Å². The number of rotatable bonds is 5. The molecule has 22 heavy (non-hydrogen) atoms. The van der Waals surface area contributed by atoms with Crippen LogP contribution in [0.15, 0.2) is 18.2 Å². The van der Waals surface area contributed by atoms with E-state index in [1.54, 1.807) is 6.92 Å². The van der Waals surface area contributed by atoms with E-state index in [0.717, 1.165) is 16.8 Å². The van der Waals surface area contributed by atoms with Crippen LogP contribution in [-0.4, -0.2) is 28.6 Å². The Hall–Kier alpha value is -2.28. The van der Waals surface area contributed by atoms with Crippen molar-refractivity contribution >= 4 is 23.9 Å². The van der Waals surface area contributed by atoms with Gasteiger partial charge in [0.25, 0.3) is 0 Å². The molecule has 5 nitrogen and oxygen atoms in total. The van der Waals surface area contributed by atoms with Gasteiger partial charge < -0.3 is 4.74 Å². The van der Waals surface area contributed by atoms with E-state index in [-0.39, 0.29) is 35.1 Å². The molecule has 0 radical (unpaired) electrons. The molecular formula is C14H11ClF2N2O3. The van der Waals surface area contributed by atoms with Crippen LogP contribution < -0.4 is 0 Å². The predicted molar refractivity (Wildman–Crippen MR) is 74.0 cm³/mol. The Morgan fingerprint density at radius 3 is 2.77 bits per heavy atom. The maximum absolute atomic E-state index is 13.7. The van der Waals surface area contributed by atoms with Crippen LogP contribution in [-0.2, 0) is 11.3 Å². The molecule has 1 aromatic carbocycles. The highest BCUT2D eigenvalue weighted by Gasteiger charge is 2.23. The van der Waals surface area contributed by atoms with Crippen molar-refractivity contribution in [2.24, 2.45) is 0 Å². The molecule has 0 spiro atoms. The highest BCUT2D eigenvalue weighted by atomic mass is 35.5. The van der Waals surface area contributed by atoms with E-state index in [1.807, 2.05) is 0 Å². The van der Waals surface area contributed by atoms with Crippen molar-refractivity contribution in [3.05, 3.63) is 51.8 Å². The van der Waals surface area contributed by atoms with Crippen LogP contribution in [0.4, 0.5) is 8.78 Å². The Balaban J connectivity index is 2.39. The lowest BCUT2D eigenvalue weighted by molar-refractivity contribution is 0.0516. The van der Waals surface area contributed by atoms with E-state index in [1.165, 1.54) is 6.07 Å². The van der Waals surface area contributed by atoms with Gasteiger partial charge >= 0.3 is 5.97 Å². The topological polar surface area (TPSA) is 61.2 Å². The Morgan fingerprint density at radius 1 is 1.45 bits per heavy atom. The van der Waals surface area contributed by atoms with Crippen molar-refractivity contribution in [1.29, 1.82) is 0 Å². The molecule has 0 aliphatic heterocycles. The highest BCUT2D eigenvalue weighted by molar-refractivity contribution is 6.32. The first kappa shape index (κ1) is 16.1. The Kier molecular flexibility index (Phi) is 4.87. The van der Waals surface area contributed by atoms with Gasteiger partial charge in [-0.3, -0.25) is 4.79 Å². The maximum atomic E-state index is 13.7. The number of aromatic nitrogens is 2. The zero-order valence-electron chi connectivity index (χ0n) is 11.5. The Bertz CT molecular complexity index is 731. The average molecular weight is 329 g/mol. The van der Waals surface area contributed by atoms with Gasteiger partial charge in [-0.15, -0.1) is 0 Å². The van der Waals surface area contributed by atoms with Crippen molar-refractivity contribution in [3.8, 4) is 0 Å². The molecule has 1 aromatic heterocycles. The highest BCUT2D eigenvalue weighted by Crippen LogP contribution is 2.21. The van der Waals surface area contributed by atoms with Crippen LogP contribution in [0.5, 0.6) is 0 Å². The largest absolute Gasteiger partial charge is 0.461 e. The standard InChI is InChI=1S/C14H11ClF2N2O3/c1-2-22-14(21)12-10(7-20)13(15)19(18-12)6-8-3-4-9(16)5-11(8)17/h3-5,7H,2,6H2,1H3. The molecule has 8 heteroatoms. The van der Waals surface area contributed by atoms with Crippen LogP contribution >= 0.6 is 11.6 Å². The fraction of sp³-hybridized carbons (Fsp3) is 0.214. The first-order valence-electron chi connectivity index (χ1n) is 6.30. The van der Waals surface area contributed by atoms with Crippen molar-refractivity contribution in [2.45, 2.75) is 13.5 Å². The molecule has 116 valence electrons. The molecule has 0 unspecified atom stereocenters. The van der Waals surface area contributed by atoms with Gasteiger partial charge in [-0.1, -0.05) is 17.7 Å². The molecule has 0 atom stereocenters. The van der Waals surface area contributed by atoms with Crippen LogP contribution in [0.25, 0.3) is 0 Å². The number of nitrogens with zero attached hydrogens (tertiary/aromatic N) is 2. The lowest BCUT2D eigenvalue weighted by Crippen LogP contribution is -2.09. The van der Waals surface area contributed by atoms with Crippen LogP contribution in [0.1, 0.15) is 33.3 Å². The summed E-state index contributed by atoms with van der Waals surface area (Å²) in [6.07, 6.45) is 0.374. The lowest BCUT2D eigenvalue weighted by Gasteiger charge is -2.05. The summed E-state index contributed by atoms with van der Waals surface area (Å²) >= 11 is 5.97. The van der Waals surface area contributed by atoms with Crippen molar-refractivity contribution in [2.75, 3.05) is 6.61 Å². The first-order valence-corrected chi connectivity index (χ1v) is 6.68. The predicted octanol–water partition coefficient (Wildman–Crippen LogP) is 2.85. The van der Waals surface area contributed by atoms with E-state index in [9.17, 15) is 18.4 Å². The summed E-state index contributed by atoms with van der Waals surface area (Å²) in [4.78, 5) is 22.8. The smallest absolute Gasteiger partial charge is 0.359 e. The van der Waals surface area contributed by atoms with Gasteiger partial charge in [0, 0.05) is 11.6 Å². The quantitative estimate of drug-likeness (QED) is 0.625. The summed E-state index contributed by atoms with van der Waals surface area (Å²) < 4.78 is 32.4. The van der Waals surface area contributed by atoms with Crippen LogP contribution in [0, 0.1) is 11.6 Å². The number of ether oxygens (including phenoxy) is 1. The number of carbonyl (C=O) groups excluding carboxylic acids is 2. The summed E-state index contributed by atoms with van der Waals surface area (Å²) in [6, 6.07) is 3.04. The average Bonchev–Trinajstić information content (AvgIpc) is 2.78. The van der Waals surface area contributed by atoms with Crippen molar-refractivity contribution in [3.63, 3.8) is 0 Å². The molecular weight excluding hydrogens is 318 g/mol. The fourth-order valence-electron chi connectivity index (χ4n) is 1.83. The monoisotopic (exact) mass is 328 g/mol. The van der Waals surface area contributed by atoms with Gasteiger partial charge in [0.15, 0.2) is 12.0 Å². The van der Waals surface area contributed by atoms with Crippen molar-refractivity contribution < 1.29 is 23.1 Å². The normalized spacial score (nSPS) is 10.5. The van der Waals surface area contributed by atoms with Gasteiger partial charge in [-0.2, -0.15) is 5.10 Å². The number of halogens is 3. The Labute approximate surface area is 129 Å². The number of esters is 1. The molecule has 0 N–H and O–H groups in total. The SMILES string of the molecule is CCOC(=O)c1nn(Cc2ccc(F)cc2F)c(Cl)c1C=O. The molecule has 0 amide bonds. The van der Waals surface area contributed by atoms with Gasteiger partial charge in [0.05, 0.1) is 18.7 Å². The summed E-state index contributed by atoms with van der Waals surface area (Å²) in [7, 11) is 0. The minimum Gasteiger partial charge on any atom is -0.461 e. The number of aldehydes is 1. The number of carbonyl (C=O) groups is 2. The van der Waals surface area contributed by atoms with Gasteiger partial charge in [0.1, 0.15) is 16.8 Å². The molecule has 0 aliphatic carbocycles. The maximum Gasteiger partial charge on any atom is 0.359 e. The van der Waals surface area contributed by atoms with Crippen molar-refractivity contribution in [1.82, 2.24) is 9.78 Å². The molecule has 0 bridgehead atoms. The molecule has 1 heterocycles. The van der Waals surface area contributed by atoms with Crippen LogP contribution in [0.3, 0.4) is 0 Å². The number of benzene rings is 1.